The maximum Gasteiger partial charge on any atom is 0.304 e. The summed E-state index contributed by atoms with van der Waals surface area (Å²) >= 11 is 0. The first-order valence-corrected chi connectivity index (χ1v) is 4.63. The minimum atomic E-state index is -0.847. The molecule has 3 heteroatoms. The van der Waals surface area contributed by atoms with Crippen molar-refractivity contribution in [2.45, 2.75) is 25.3 Å². The number of carboxylic acids is 1. The van der Waals surface area contributed by atoms with E-state index in [1.165, 1.54) is 0 Å². The van der Waals surface area contributed by atoms with E-state index in [1.54, 1.807) is 0 Å². The Hall–Kier alpha value is -1.35. The van der Waals surface area contributed by atoms with Gasteiger partial charge in [0.25, 0.3) is 0 Å². The van der Waals surface area contributed by atoms with Crippen LogP contribution < -0.4 is 5.73 Å². The van der Waals surface area contributed by atoms with Crippen LogP contribution in [0.5, 0.6) is 0 Å². The SMILES string of the molecule is C[C@H](c1ccccc1)[C@H](N)CC(=O)O. The first kappa shape index (κ1) is 10.7. The van der Waals surface area contributed by atoms with Crippen LogP contribution in [-0.2, 0) is 4.79 Å². The number of aliphatic carboxylic acids is 1. The lowest BCUT2D eigenvalue weighted by atomic mass is 9.92. The standard InChI is InChI=1S/C11H15NO2/c1-8(10(12)7-11(13)14)9-5-3-2-4-6-9/h2-6,8,10H,7,12H2,1H3,(H,13,14)/t8-,10-/m1/s1. The van der Waals surface area contributed by atoms with Crippen molar-refractivity contribution in [1.29, 1.82) is 0 Å². The number of rotatable bonds is 4. The molecule has 0 heterocycles. The van der Waals surface area contributed by atoms with Gasteiger partial charge in [0, 0.05) is 6.04 Å². The predicted molar refractivity (Wildman–Crippen MR) is 55.1 cm³/mol. The normalized spacial score (nSPS) is 14.7. The molecule has 14 heavy (non-hydrogen) atoms. The van der Waals surface area contributed by atoms with Gasteiger partial charge in [-0.1, -0.05) is 37.3 Å². The van der Waals surface area contributed by atoms with Crippen molar-refractivity contribution in [2.75, 3.05) is 0 Å². The Morgan fingerprint density at radius 2 is 2.00 bits per heavy atom. The summed E-state index contributed by atoms with van der Waals surface area (Å²) in [6.07, 6.45) is 0.00998. The summed E-state index contributed by atoms with van der Waals surface area (Å²) in [4.78, 5) is 10.5. The van der Waals surface area contributed by atoms with E-state index in [2.05, 4.69) is 0 Å². The van der Waals surface area contributed by atoms with E-state index in [1.807, 2.05) is 37.3 Å². The lowest BCUT2D eigenvalue weighted by molar-refractivity contribution is -0.137. The number of benzene rings is 1. The molecule has 0 amide bonds. The lowest BCUT2D eigenvalue weighted by Gasteiger charge is -2.18. The van der Waals surface area contributed by atoms with Gasteiger partial charge in [-0.25, -0.2) is 0 Å². The van der Waals surface area contributed by atoms with Gasteiger partial charge in [0.2, 0.25) is 0 Å². The Labute approximate surface area is 83.6 Å². The third-order valence-corrected chi connectivity index (χ3v) is 2.38. The Morgan fingerprint density at radius 1 is 1.43 bits per heavy atom. The molecule has 76 valence electrons. The van der Waals surface area contributed by atoms with Crippen LogP contribution in [0.2, 0.25) is 0 Å². The van der Waals surface area contributed by atoms with Crippen LogP contribution in [-0.4, -0.2) is 17.1 Å². The molecule has 0 fully saturated rings. The van der Waals surface area contributed by atoms with E-state index in [0.717, 1.165) is 5.56 Å². The van der Waals surface area contributed by atoms with Gasteiger partial charge in [-0.3, -0.25) is 4.79 Å². The molecule has 1 aromatic carbocycles. The number of nitrogens with two attached hydrogens (primary N) is 1. The second-order valence-electron chi connectivity index (χ2n) is 3.46. The molecular formula is C11H15NO2. The molecule has 3 nitrogen and oxygen atoms in total. The van der Waals surface area contributed by atoms with E-state index >= 15 is 0 Å². The van der Waals surface area contributed by atoms with E-state index in [4.69, 9.17) is 10.8 Å². The van der Waals surface area contributed by atoms with E-state index in [9.17, 15) is 4.79 Å². The molecule has 0 saturated heterocycles. The van der Waals surface area contributed by atoms with Gasteiger partial charge in [-0.15, -0.1) is 0 Å². The van der Waals surface area contributed by atoms with Crippen LogP contribution in [0.4, 0.5) is 0 Å². The molecule has 0 aromatic heterocycles. The first-order chi connectivity index (χ1) is 6.61. The van der Waals surface area contributed by atoms with Crippen LogP contribution in [0.3, 0.4) is 0 Å². The molecule has 0 aliphatic carbocycles. The highest BCUT2D eigenvalue weighted by Crippen LogP contribution is 2.19. The van der Waals surface area contributed by atoms with Gasteiger partial charge in [-0.05, 0) is 11.5 Å². The van der Waals surface area contributed by atoms with Crippen LogP contribution in [0.15, 0.2) is 30.3 Å². The number of carbonyl (C=O) groups is 1. The number of hydrogen-bond donors (Lipinski definition) is 2. The molecule has 0 saturated carbocycles. The quantitative estimate of drug-likeness (QED) is 0.763. The van der Waals surface area contributed by atoms with Crippen LogP contribution in [0.25, 0.3) is 0 Å². The summed E-state index contributed by atoms with van der Waals surface area (Å²) in [7, 11) is 0. The van der Waals surface area contributed by atoms with Gasteiger partial charge in [0.05, 0.1) is 6.42 Å². The summed E-state index contributed by atoms with van der Waals surface area (Å²) in [6.45, 7) is 1.95. The van der Waals surface area contributed by atoms with Crippen molar-refractivity contribution in [2.24, 2.45) is 5.73 Å². The fourth-order valence-electron chi connectivity index (χ4n) is 1.38. The Kier molecular flexibility index (Phi) is 3.65. The average molecular weight is 193 g/mol. The van der Waals surface area contributed by atoms with Crippen molar-refractivity contribution >= 4 is 5.97 Å². The average Bonchev–Trinajstić information content (AvgIpc) is 2.17. The molecule has 1 rings (SSSR count). The minimum Gasteiger partial charge on any atom is -0.481 e. The van der Waals surface area contributed by atoms with Gasteiger partial charge < -0.3 is 10.8 Å². The summed E-state index contributed by atoms with van der Waals surface area (Å²) in [5.74, 6) is -0.771. The number of carboxylic acid groups (broad SMARTS) is 1. The summed E-state index contributed by atoms with van der Waals surface area (Å²) in [6, 6.07) is 9.39. The summed E-state index contributed by atoms with van der Waals surface area (Å²) < 4.78 is 0. The van der Waals surface area contributed by atoms with Crippen LogP contribution >= 0.6 is 0 Å². The molecule has 0 spiro atoms. The third-order valence-electron chi connectivity index (χ3n) is 2.38. The van der Waals surface area contributed by atoms with E-state index in [0.29, 0.717) is 0 Å². The van der Waals surface area contributed by atoms with Crippen LogP contribution in [0, 0.1) is 0 Å². The molecular weight excluding hydrogens is 178 g/mol. The molecule has 0 bridgehead atoms. The Bertz CT molecular complexity index is 297. The number of hydrogen-bond acceptors (Lipinski definition) is 2. The van der Waals surface area contributed by atoms with Gasteiger partial charge in [0.15, 0.2) is 0 Å². The van der Waals surface area contributed by atoms with Gasteiger partial charge in [0.1, 0.15) is 0 Å². The van der Waals surface area contributed by atoms with Crippen molar-refractivity contribution < 1.29 is 9.90 Å². The zero-order valence-electron chi connectivity index (χ0n) is 8.18. The zero-order valence-corrected chi connectivity index (χ0v) is 8.18. The Balaban J connectivity index is 2.65. The molecule has 0 radical (unpaired) electrons. The largest absolute Gasteiger partial charge is 0.481 e. The summed E-state index contributed by atoms with van der Waals surface area (Å²) in [5, 5.41) is 8.60. The minimum absolute atomic E-state index is 0.00998. The smallest absolute Gasteiger partial charge is 0.304 e. The van der Waals surface area contributed by atoms with Gasteiger partial charge >= 0.3 is 5.97 Å². The van der Waals surface area contributed by atoms with Crippen molar-refractivity contribution in [3.63, 3.8) is 0 Å². The monoisotopic (exact) mass is 193 g/mol. The second kappa shape index (κ2) is 4.77. The topological polar surface area (TPSA) is 63.3 Å². The first-order valence-electron chi connectivity index (χ1n) is 4.63. The fraction of sp³-hybridized carbons (Fsp3) is 0.364. The van der Waals surface area contributed by atoms with Crippen molar-refractivity contribution in [3.05, 3.63) is 35.9 Å². The van der Waals surface area contributed by atoms with Crippen molar-refractivity contribution in [3.8, 4) is 0 Å². The zero-order chi connectivity index (χ0) is 10.6. The Morgan fingerprint density at radius 3 is 2.50 bits per heavy atom. The summed E-state index contributed by atoms with van der Waals surface area (Å²) in [5.41, 5.74) is 6.85. The fourth-order valence-corrected chi connectivity index (χ4v) is 1.38. The van der Waals surface area contributed by atoms with Crippen molar-refractivity contribution in [1.82, 2.24) is 0 Å². The maximum absolute atomic E-state index is 10.5. The molecule has 3 N–H and O–H groups in total. The highest BCUT2D eigenvalue weighted by Gasteiger charge is 2.17. The molecule has 0 unspecified atom stereocenters. The molecule has 2 atom stereocenters. The predicted octanol–water partition coefficient (Wildman–Crippen LogP) is 1.59. The second-order valence-corrected chi connectivity index (χ2v) is 3.46. The molecule has 0 aliphatic rings. The van der Waals surface area contributed by atoms with Crippen LogP contribution in [0.1, 0.15) is 24.8 Å². The maximum atomic E-state index is 10.5. The highest BCUT2D eigenvalue weighted by atomic mass is 16.4. The van der Waals surface area contributed by atoms with Gasteiger partial charge in [-0.2, -0.15) is 0 Å². The van der Waals surface area contributed by atoms with E-state index in [-0.39, 0.29) is 18.4 Å². The molecule has 0 aliphatic heterocycles. The third kappa shape index (κ3) is 2.85. The molecule has 1 aromatic rings. The lowest BCUT2D eigenvalue weighted by Crippen LogP contribution is -2.29. The highest BCUT2D eigenvalue weighted by molar-refractivity contribution is 5.67. The van der Waals surface area contributed by atoms with E-state index < -0.39 is 5.97 Å².